The van der Waals surface area contributed by atoms with E-state index in [-0.39, 0.29) is 11.5 Å². The first kappa shape index (κ1) is 11.9. The molecule has 0 amide bonds. The molecule has 1 unspecified atom stereocenters. The first-order chi connectivity index (χ1) is 8.11. The van der Waals surface area contributed by atoms with Crippen molar-refractivity contribution in [2.24, 2.45) is 0 Å². The number of ether oxygens (including phenoxy) is 1. The van der Waals surface area contributed by atoms with Crippen LogP contribution in [-0.4, -0.2) is 35.8 Å². The van der Waals surface area contributed by atoms with Crippen molar-refractivity contribution >= 4 is 17.6 Å². The van der Waals surface area contributed by atoms with Crippen LogP contribution in [0.5, 0.6) is 0 Å². The van der Waals surface area contributed by atoms with Gasteiger partial charge in [-0.15, -0.1) is 0 Å². The Kier molecular flexibility index (Phi) is 3.33. The minimum absolute atomic E-state index is 0.0793. The quantitative estimate of drug-likeness (QED) is 0.729. The zero-order valence-electron chi connectivity index (χ0n) is 10.3. The Hall–Kier alpha value is -1.56. The molecule has 0 radical (unpaired) electrons. The van der Waals surface area contributed by atoms with Crippen LogP contribution in [0.4, 0.5) is 17.6 Å². The average Bonchev–Trinajstić information content (AvgIpc) is 2.28. The van der Waals surface area contributed by atoms with E-state index in [9.17, 15) is 0 Å². The molecule has 2 rings (SSSR count). The Balaban J connectivity index is 2.14. The van der Waals surface area contributed by atoms with Crippen LogP contribution in [0, 0.1) is 0 Å². The molecular formula is C11H19N5O. The molecule has 1 saturated heterocycles. The zero-order valence-corrected chi connectivity index (χ0v) is 10.3. The van der Waals surface area contributed by atoms with E-state index in [2.05, 4.69) is 27.5 Å². The molecule has 0 aliphatic carbocycles. The molecule has 17 heavy (non-hydrogen) atoms. The predicted molar refractivity (Wildman–Crippen MR) is 68.1 cm³/mol. The summed E-state index contributed by atoms with van der Waals surface area (Å²) in [5.41, 5.74) is 5.57. The third kappa shape index (κ3) is 2.97. The van der Waals surface area contributed by atoms with Crippen molar-refractivity contribution < 1.29 is 4.74 Å². The number of nitrogens with two attached hydrogens (primary N) is 1. The molecule has 0 aromatic carbocycles. The SMILES string of the molecule is CNc1cc(NC2(C)CCCOC2)nc(N)n1. The highest BCUT2D eigenvalue weighted by Gasteiger charge is 2.27. The second kappa shape index (κ2) is 4.75. The fraction of sp³-hybridized carbons (Fsp3) is 0.636. The summed E-state index contributed by atoms with van der Waals surface area (Å²) in [5.74, 6) is 1.70. The molecule has 1 aliphatic rings. The number of nitrogens with zero attached hydrogens (tertiary/aromatic N) is 2. The number of nitrogens with one attached hydrogen (secondary N) is 2. The maximum Gasteiger partial charge on any atom is 0.223 e. The van der Waals surface area contributed by atoms with Crippen molar-refractivity contribution in [3.8, 4) is 0 Å². The first-order valence-electron chi connectivity index (χ1n) is 5.79. The Morgan fingerprint density at radius 2 is 2.18 bits per heavy atom. The van der Waals surface area contributed by atoms with E-state index in [0.717, 1.165) is 25.3 Å². The van der Waals surface area contributed by atoms with Crippen LogP contribution in [0.3, 0.4) is 0 Å². The number of hydrogen-bond donors (Lipinski definition) is 3. The van der Waals surface area contributed by atoms with Gasteiger partial charge in [0.1, 0.15) is 11.6 Å². The van der Waals surface area contributed by atoms with Crippen LogP contribution in [-0.2, 0) is 4.74 Å². The third-order valence-electron chi connectivity index (χ3n) is 2.87. The molecule has 0 saturated carbocycles. The Morgan fingerprint density at radius 1 is 1.41 bits per heavy atom. The maximum atomic E-state index is 5.65. The standard InChI is InChI=1S/C11H19N5O/c1-11(4-3-5-17-7-11)16-9-6-8(13-2)14-10(12)15-9/h6H,3-5,7H2,1-2H3,(H4,12,13,14,15,16). The van der Waals surface area contributed by atoms with Crippen molar-refractivity contribution in [1.82, 2.24) is 9.97 Å². The van der Waals surface area contributed by atoms with Gasteiger partial charge in [-0.2, -0.15) is 9.97 Å². The van der Waals surface area contributed by atoms with Crippen molar-refractivity contribution in [1.29, 1.82) is 0 Å². The van der Waals surface area contributed by atoms with Gasteiger partial charge in [-0.05, 0) is 19.8 Å². The largest absolute Gasteiger partial charge is 0.379 e. The molecule has 0 bridgehead atoms. The van der Waals surface area contributed by atoms with Gasteiger partial charge in [0.15, 0.2) is 0 Å². The molecule has 1 atom stereocenters. The van der Waals surface area contributed by atoms with E-state index in [0.29, 0.717) is 12.4 Å². The monoisotopic (exact) mass is 237 g/mol. The van der Waals surface area contributed by atoms with Gasteiger partial charge in [0.25, 0.3) is 0 Å². The third-order valence-corrected chi connectivity index (χ3v) is 2.87. The molecular weight excluding hydrogens is 218 g/mol. The summed E-state index contributed by atoms with van der Waals surface area (Å²) in [7, 11) is 1.80. The average molecular weight is 237 g/mol. The summed E-state index contributed by atoms with van der Waals surface area (Å²) < 4.78 is 5.49. The van der Waals surface area contributed by atoms with Crippen LogP contribution in [0.2, 0.25) is 0 Å². The van der Waals surface area contributed by atoms with Crippen LogP contribution < -0.4 is 16.4 Å². The minimum atomic E-state index is -0.0793. The van der Waals surface area contributed by atoms with Crippen molar-refractivity contribution in [2.45, 2.75) is 25.3 Å². The fourth-order valence-electron chi connectivity index (χ4n) is 2.00. The van der Waals surface area contributed by atoms with Crippen molar-refractivity contribution in [3.63, 3.8) is 0 Å². The zero-order chi connectivity index (χ0) is 12.3. The van der Waals surface area contributed by atoms with Crippen LogP contribution in [0.15, 0.2) is 6.07 Å². The Morgan fingerprint density at radius 3 is 2.82 bits per heavy atom. The molecule has 1 aromatic heterocycles. The van der Waals surface area contributed by atoms with E-state index in [1.807, 2.05) is 6.07 Å². The van der Waals surface area contributed by atoms with Gasteiger partial charge in [-0.1, -0.05) is 0 Å². The Labute approximate surface area is 101 Å². The van der Waals surface area contributed by atoms with E-state index in [1.165, 1.54) is 0 Å². The normalized spacial score (nSPS) is 24.4. The molecule has 1 aliphatic heterocycles. The van der Waals surface area contributed by atoms with Gasteiger partial charge in [0, 0.05) is 19.7 Å². The fourth-order valence-corrected chi connectivity index (χ4v) is 2.00. The highest BCUT2D eigenvalue weighted by molar-refractivity contribution is 5.51. The molecule has 1 fully saturated rings. The smallest absolute Gasteiger partial charge is 0.223 e. The van der Waals surface area contributed by atoms with Crippen LogP contribution >= 0.6 is 0 Å². The van der Waals surface area contributed by atoms with Gasteiger partial charge < -0.3 is 21.1 Å². The molecule has 94 valence electrons. The lowest BCUT2D eigenvalue weighted by molar-refractivity contribution is 0.0539. The lowest BCUT2D eigenvalue weighted by Crippen LogP contribution is -2.43. The van der Waals surface area contributed by atoms with Crippen LogP contribution in [0.25, 0.3) is 0 Å². The predicted octanol–water partition coefficient (Wildman–Crippen LogP) is 1.08. The van der Waals surface area contributed by atoms with Gasteiger partial charge in [0.05, 0.1) is 12.1 Å². The van der Waals surface area contributed by atoms with Crippen molar-refractivity contribution in [2.75, 3.05) is 36.6 Å². The molecule has 2 heterocycles. The highest BCUT2D eigenvalue weighted by Crippen LogP contribution is 2.24. The Bertz CT molecular complexity index is 389. The van der Waals surface area contributed by atoms with Crippen LogP contribution in [0.1, 0.15) is 19.8 Å². The van der Waals surface area contributed by atoms with Gasteiger partial charge in [-0.3, -0.25) is 0 Å². The summed E-state index contributed by atoms with van der Waals surface area (Å²) in [4.78, 5) is 8.23. The van der Waals surface area contributed by atoms with E-state index >= 15 is 0 Å². The summed E-state index contributed by atoms with van der Waals surface area (Å²) in [6, 6.07) is 1.84. The van der Waals surface area contributed by atoms with E-state index < -0.39 is 0 Å². The maximum absolute atomic E-state index is 5.65. The lowest BCUT2D eigenvalue weighted by atomic mass is 9.95. The lowest BCUT2D eigenvalue weighted by Gasteiger charge is -2.34. The number of nitrogen functional groups attached to an aromatic ring is 1. The summed E-state index contributed by atoms with van der Waals surface area (Å²) >= 11 is 0. The highest BCUT2D eigenvalue weighted by atomic mass is 16.5. The van der Waals surface area contributed by atoms with Crippen molar-refractivity contribution in [3.05, 3.63) is 6.07 Å². The van der Waals surface area contributed by atoms with Gasteiger partial charge in [0.2, 0.25) is 5.95 Å². The van der Waals surface area contributed by atoms with Gasteiger partial charge in [-0.25, -0.2) is 0 Å². The minimum Gasteiger partial charge on any atom is -0.379 e. The number of rotatable bonds is 3. The number of aromatic nitrogens is 2. The topological polar surface area (TPSA) is 85.1 Å². The van der Waals surface area contributed by atoms with E-state index in [1.54, 1.807) is 7.05 Å². The molecule has 6 nitrogen and oxygen atoms in total. The summed E-state index contributed by atoms with van der Waals surface area (Å²) in [5, 5.41) is 6.33. The van der Waals surface area contributed by atoms with E-state index in [4.69, 9.17) is 10.5 Å². The summed E-state index contributed by atoms with van der Waals surface area (Å²) in [6.07, 6.45) is 2.12. The number of hydrogen-bond acceptors (Lipinski definition) is 6. The number of anilines is 3. The molecule has 4 N–H and O–H groups in total. The molecule has 0 spiro atoms. The summed E-state index contributed by atoms with van der Waals surface area (Å²) in [6.45, 7) is 3.65. The first-order valence-corrected chi connectivity index (χ1v) is 5.79. The molecule has 1 aromatic rings. The molecule has 6 heteroatoms. The second-order valence-corrected chi connectivity index (χ2v) is 4.59. The van der Waals surface area contributed by atoms with Gasteiger partial charge >= 0.3 is 0 Å². The second-order valence-electron chi connectivity index (χ2n) is 4.59.